The van der Waals surface area contributed by atoms with Crippen LogP contribution in [0.2, 0.25) is 0 Å². The summed E-state index contributed by atoms with van der Waals surface area (Å²) < 4.78 is 5.86. The molecule has 106 valence electrons. The summed E-state index contributed by atoms with van der Waals surface area (Å²) in [6.45, 7) is 3.75. The van der Waals surface area contributed by atoms with Crippen LogP contribution in [-0.4, -0.2) is 29.7 Å². The van der Waals surface area contributed by atoms with Crippen molar-refractivity contribution in [2.45, 2.75) is 19.3 Å². The monoisotopic (exact) mass is 289 g/mol. The summed E-state index contributed by atoms with van der Waals surface area (Å²) in [7, 11) is 0. The molecule has 1 aliphatic heterocycles. The third-order valence-electron chi connectivity index (χ3n) is 3.68. The molecule has 0 amide bonds. The number of nitrogens with zero attached hydrogens (tertiary/aromatic N) is 1. The van der Waals surface area contributed by atoms with Gasteiger partial charge in [0.2, 0.25) is 0 Å². The van der Waals surface area contributed by atoms with Crippen molar-refractivity contribution in [1.29, 1.82) is 0 Å². The van der Waals surface area contributed by atoms with E-state index in [1.165, 1.54) is 11.1 Å². The quantitative estimate of drug-likeness (QED) is 0.939. The van der Waals surface area contributed by atoms with E-state index in [4.69, 9.17) is 9.84 Å². The Morgan fingerprint density at radius 2 is 2.00 bits per heavy atom. The van der Waals surface area contributed by atoms with Gasteiger partial charge in [-0.1, -0.05) is 24.3 Å². The number of benzene rings is 1. The van der Waals surface area contributed by atoms with E-state index in [-0.39, 0.29) is 12.7 Å². The fourth-order valence-electron chi connectivity index (χ4n) is 2.51. The topological polar surface area (TPSA) is 32.7 Å². The van der Waals surface area contributed by atoms with Crippen LogP contribution in [0.15, 0.2) is 41.1 Å². The lowest BCUT2D eigenvalue weighted by Gasteiger charge is -2.32. The average Bonchev–Trinajstić information content (AvgIpc) is 3.03. The lowest BCUT2D eigenvalue weighted by atomic mass is 10.1. The first kappa shape index (κ1) is 13.8. The maximum Gasteiger partial charge on any atom is 0.0960 e. The van der Waals surface area contributed by atoms with Crippen molar-refractivity contribution in [1.82, 2.24) is 4.90 Å². The normalized spacial score (nSPS) is 20.1. The molecular formula is C16H19NO2S. The highest BCUT2D eigenvalue weighted by Crippen LogP contribution is 2.25. The lowest BCUT2D eigenvalue weighted by Crippen LogP contribution is -2.37. The Labute approximate surface area is 123 Å². The number of aliphatic hydroxyl groups is 1. The molecule has 1 aromatic heterocycles. The molecular weight excluding hydrogens is 270 g/mol. The predicted molar refractivity (Wildman–Crippen MR) is 80.7 cm³/mol. The molecule has 4 heteroatoms. The van der Waals surface area contributed by atoms with E-state index in [1.54, 1.807) is 11.3 Å². The van der Waals surface area contributed by atoms with E-state index in [1.807, 2.05) is 12.1 Å². The van der Waals surface area contributed by atoms with Gasteiger partial charge in [0.05, 0.1) is 19.3 Å². The summed E-state index contributed by atoms with van der Waals surface area (Å²) in [6, 6.07) is 10.3. The first-order valence-electron chi connectivity index (χ1n) is 6.90. The molecule has 2 heterocycles. The fraction of sp³-hybridized carbons (Fsp3) is 0.375. The van der Waals surface area contributed by atoms with Gasteiger partial charge >= 0.3 is 0 Å². The van der Waals surface area contributed by atoms with Crippen LogP contribution in [-0.2, 0) is 17.9 Å². The number of aliphatic hydroxyl groups excluding tert-OH is 1. The number of hydrogen-bond donors (Lipinski definition) is 1. The van der Waals surface area contributed by atoms with Crippen LogP contribution in [0.5, 0.6) is 0 Å². The minimum Gasteiger partial charge on any atom is -0.392 e. The molecule has 1 unspecified atom stereocenters. The molecule has 1 aromatic carbocycles. The molecule has 0 spiro atoms. The number of morpholine rings is 1. The molecule has 0 aliphatic carbocycles. The van der Waals surface area contributed by atoms with E-state index >= 15 is 0 Å². The number of hydrogen-bond acceptors (Lipinski definition) is 4. The molecule has 1 saturated heterocycles. The van der Waals surface area contributed by atoms with Crippen molar-refractivity contribution in [3.8, 4) is 0 Å². The first-order chi connectivity index (χ1) is 9.85. The molecule has 1 N–H and O–H groups in total. The van der Waals surface area contributed by atoms with Crippen molar-refractivity contribution in [2.75, 3.05) is 19.7 Å². The van der Waals surface area contributed by atoms with Gasteiger partial charge in [-0.05, 0) is 33.5 Å². The Bertz CT molecular complexity index is 524. The van der Waals surface area contributed by atoms with Crippen molar-refractivity contribution in [3.05, 3.63) is 57.8 Å². The molecule has 0 saturated carbocycles. The second-order valence-electron chi connectivity index (χ2n) is 5.13. The maximum atomic E-state index is 9.06. The molecule has 0 bridgehead atoms. The summed E-state index contributed by atoms with van der Waals surface area (Å²) in [6.07, 6.45) is 0.201. The van der Waals surface area contributed by atoms with Gasteiger partial charge in [-0.25, -0.2) is 0 Å². The van der Waals surface area contributed by atoms with Gasteiger partial charge in [0, 0.05) is 19.6 Å². The van der Waals surface area contributed by atoms with Crippen molar-refractivity contribution in [3.63, 3.8) is 0 Å². The minimum absolute atomic E-state index is 0.109. The molecule has 2 aromatic rings. The van der Waals surface area contributed by atoms with Crippen molar-refractivity contribution >= 4 is 11.3 Å². The smallest absolute Gasteiger partial charge is 0.0960 e. The number of ether oxygens (including phenoxy) is 1. The second-order valence-corrected chi connectivity index (χ2v) is 5.91. The van der Waals surface area contributed by atoms with Crippen molar-refractivity contribution in [2.24, 2.45) is 0 Å². The molecule has 1 fully saturated rings. The van der Waals surface area contributed by atoms with Crippen LogP contribution in [0.4, 0.5) is 0 Å². The van der Waals surface area contributed by atoms with E-state index in [0.29, 0.717) is 0 Å². The van der Waals surface area contributed by atoms with Gasteiger partial charge < -0.3 is 9.84 Å². The zero-order valence-electron chi connectivity index (χ0n) is 11.4. The fourth-order valence-corrected chi connectivity index (χ4v) is 3.22. The zero-order chi connectivity index (χ0) is 13.8. The van der Waals surface area contributed by atoms with Crippen molar-refractivity contribution < 1.29 is 9.84 Å². The van der Waals surface area contributed by atoms with Crippen LogP contribution >= 0.6 is 11.3 Å². The van der Waals surface area contributed by atoms with Crippen LogP contribution in [0, 0.1) is 0 Å². The summed E-state index contributed by atoms with van der Waals surface area (Å²) in [5.74, 6) is 0. The van der Waals surface area contributed by atoms with E-state index in [2.05, 4.69) is 33.9 Å². The first-order valence-corrected chi connectivity index (χ1v) is 7.84. The Morgan fingerprint density at radius 1 is 1.20 bits per heavy atom. The molecule has 1 aliphatic rings. The van der Waals surface area contributed by atoms with Crippen LogP contribution in [0.1, 0.15) is 22.8 Å². The lowest BCUT2D eigenvalue weighted by molar-refractivity contribution is -0.0327. The molecule has 3 nitrogen and oxygen atoms in total. The number of rotatable bonds is 4. The van der Waals surface area contributed by atoms with Crippen LogP contribution in [0.25, 0.3) is 0 Å². The summed E-state index contributed by atoms with van der Waals surface area (Å²) >= 11 is 1.72. The minimum atomic E-state index is 0.109. The molecule has 0 radical (unpaired) electrons. The Balaban J connectivity index is 1.62. The summed E-state index contributed by atoms with van der Waals surface area (Å²) in [5, 5.41) is 13.3. The largest absolute Gasteiger partial charge is 0.392 e. The predicted octanol–water partition coefficient (Wildman–Crippen LogP) is 2.81. The highest BCUT2D eigenvalue weighted by atomic mass is 32.1. The van der Waals surface area contributed by atoms with Gasteiger partial charge in [0.25, 0.3) is 0 Å². The molecule has 20 heavy (non-hydrogen) atoms. The zero-order valence-corrected chi connectivity index (χ0v) is 12.2. The van der Waals surface area contributed by atoms with Crippen LogP contribution in [0.3, 0.4) is 0 Å². The average molecular weight is 289 g/mol. The summed E-state index contributed by atoms with van der Waals surface area (Å²) in [5.41, 5.74) is 3.54. The SMILES string of the molecule is OCc1ccc(CN2CCOC(c3ccsc3)C2)cc1. The Morgan fingerprint density at radius 3 is 2.70 bits per heavy atom. The van der Waals surface area contributed by atoms with E-state index in [9.17, 15) is 0 Å². The van der Waals surface area contributed by atoms with Gasteiger partial charge in [-0.15, -0.1) is 0 Å². The van der Waals surface area contributed by atoms with E-state index < -0.39 is 0 Å². The number of thiophene rings is 1. The second kappa shape index (κ2) is 6.50. The van der Waals surface area contributed by atoms with Gasteiger partial charge in [-0.2, -0.15) is 11.3 Å². The Hall–Kier alpha value is -1.20. The molecule has 1 atom stereocenters. The maximum absolute atomic E-state index is 9.06. The highest BCUT2D eigenvalue weighted by molar-refractivity contribution is 7.07. The molecule has 3 rings (SSSR count). The van der Waals surface area contributed by atoms with Gasteiger partial charge in [0.1, 0.15) is 0 Å². The standard InChI is InChI=1S/C16H19NO2S/c18-11-14-3-1-13(2-4-14)9-17-6-7-19-16(10-17)15-5-8-20-12-15/h1-5,8,12,16,18H,6-7,9-11H2. The Kier molecular flexibility index (Phi) is 4.47. The van der Waals surface area contributed by atoms with Crippen LogP contribution < -0.4 is 0 Å². The highest BCUT2D eigenvalue weighted by Gasteiger charge is 2.22. The third kappa shape index (κ3) is 3.27. The van der Waals surface area contributed by atoms with Gasteiger partial charge in [-0.3, -0.25) is 4.90 Å². The van der Waals surface area contributed by atoms with Gasteiger partial charge in [0.15, 0.2) is 0 Å². The summed E-state index contributed by atoms with van der Waals surface area (Å²) in [4.78, 5) is 2.43. The third-order valence-corrected chi connectivity index (χ3v) is 4.38. The van der Waals surface area contributed by atoms with E-state index in [0.717, 1.165) is 31.8 Å².